The Balaban J connectivity index is 1.38. The van der Waals surface area contributed by atoms with Gasteiger partial charge in [0.1, 0.15) is 27.8 Å². The molecule has 8 nitrogen and oxygen atoms in total. The van der Waals surface area contributed by atoms with Gasteiger partial charge in [-0.2, -0.15) is 0 Å². The lowest BCUT2D eigenvalue weighted by Crippen LogP contribution is -2.65. The lowest BCUT2D eigenvalue weighted by Gasteiger charge is -2.40. The van der Waals surface area contributed by atoms with E-state index in [0.29, 0.717) is 47.0 Å². The molecule has 2 heterocycles. The van der Waals surface area contributed by atoms with Crippen molar-refractivity contribution in [3.63, 3.8) is 0 Å². The van der Waals surface area contributed by atoms with E-state index in [9.17, 15) is 9.59 Å². The predicted octanol–water partition coefficient (Wildman–Crippen LogP) is 6.24. The number of hydrogen-bond acceptors (Lipinski definition) is 8. The number of ether oxygens (including phenoxy) is 1. The molecule has 5 rings (SSSR count). The monoisotopic (exact) mass is 659 g/mol. The minimum Gasteiger partial charge on any atom is -0.493 e. The predicted molar refractivity (Wildman–Crippen MR) is 189 cm³/mol. The highest BCUT2D eigenvalue weighted by Crippen LogP contribution is 2.37. The highest BCUT2D eigenvalue weighted by molar-refractivity contribution is 8.16. The molecule has 0 bridgehead atoms. The molecule has 46 heavy (non-hydrogen) atoms. The van der Waals surface area contributed by atoms with Gasteiger partial charge in [0.2, 0.25) is 5.91 Å². The molecular formula is C36H45N3O5SSi. The summed E-state index contributed by atoms with van der Waals surface area (Å²) < 4.78 is 18.2. The van der Waals surface area contributed by atoms with Gasteiger partial charge in [0.15, 0.2) is 0 Å². The summed E-state index contributed by atoms with van der Waals surface area (Å²) in [5.74, 6) is 1.64. The number of rotatable bonds is 13. The second kappa shape index (κ2) is 14.0. The molecule has 0 spiro atoms. The number of carbonyl (C=O) groups excluding carboxylic acids is 1. The standard InChI is InChI=1S/C36H45N3O5SSi/c1-7-14-30(31-21-27(22-32(40)43-31)42-23-26-19-20-26)37-34(41)36(6)24-45-33(38-36)25(2)39-44-46(35(3,4)5,28-15-10-8-11-16-28)29-17-12-9-13-18-29/h8-13,15-18,21-22,26,30H,7,14,19-20,23-24H2,1-6H3,(H,37,41)/b39-25+/t30-,36+/m1/s1. The summed E-state index contributed by atoms with van der Waals surface area (Å²) in [4.78, 5) is 31.0. The number of nitrogens with zero attached hydrogens (tertiary/aromatic N) is 2. The summed E-state index contributed by atoms with van der Waals surface area (Å²) >= 11 is 1.49. The zero-order valence-electron chi connectivity index (χ0n) is 27.7. The average molecular weight is 660 g/mol. The Hall–Kier alpha value is -3.63. The molecule has 1 saturated carbocycles. The van der Waals surface area contributed by atoms with Crippen LogP contribution < -0.4 is 26.1 Å². The second-order valence-electron chi connectivity index (χ2n) is 13.5. The summed E-state index contributed by atoms with van der Waals surface area (Å²) in [5, 5.41) is 10.6. The van der Waals surface area contributed by atoms with Gasteiger partial charge >= 0.3 is 13.9 Å². The van der Waals surface area contributed by atoms with Crippen molar-refractivity contribution < 1.29 is 18.5 Å². The molecule has 1 amide bonds. The van der Waals surface area contributed by atoms with Gasteiger partial charge in [-0.25, -0.2) is 4.79 Å². The van der Waals surface area contributed by atoms with Crippen molar-refractivity contribution in [2.24, 2.45) is 16.1 Å². The van der Waals surface area contributed by atoms with Crippen LogP contribution >= 0.6 is 11.8 Å². The molecule has 1 aliphatic carbocycles. The smallest absolute Gasteiger partial charge is 0.354 e. The molecule has 2 aliphatic rings. The highest BCUT2D eigenvalue weighted by atomic mass is 32.2. The molecular weight excluding hydrogens is 615 g/mol. The van der Waals surface area contributed by atoms with Crippen molar-refractivity contribution in [3.05, 3.63) is 89.0 Å². The second-order valence-corrected chi connectivity index (χ2v) is 18.7. The SMILES string of the molecule is CCC[C@@H](NC(=O)[C@]1(C)CSC(/C(C)=N/O[Si](c2ccccc2)(c2ccccc2)C(C)(C)C)=N1)c1cc(OCC2CC2)cc(=O)o1. The third kappa shape index (κ3) is 7.49. The fourth-order valence-corrected chi connectivity index (χ4v) is 11.0. The van der Waals surface area contributed by atoms with Crippen molar-refractivity contribution in [1.82, 2.24) is 5.32 Å². The van der Waals surface area contributed by atoms with Crippen LogP contribution in [0, 0.1) is 5.92 Å². The molecule has 2 atom stereocenters. The lowest BCUT2D eigenvalue weighted by molar-refractivity contribution is -0.125. The normalized spacial score (nSPS) is 19.3. The van der Waals surface area contributed by atoms with E-state index in [1.54, 1.807) is 6.07 Å². The van der Waals surface area contributed by atoms with Crippen molar-refractivity contribution >= 4 is 47.1 Å². The summed E-state index contributed by atoms with van der Waals surface area (Å²) in [7, 11) is -2.88. The van der Waals surface area contributed by atoms with Gasteiger partial charge in [0, 0.05) is 16.9 Å². The van der Waals surface area contributed by atoms with Gasteiger partial charge in [0.05, 0.1) is 18.7 Å². The van der Waals surface area contributed by atoms with Gasteiger partial charge in [-0.15, -0.1) is 16.9 Å². The van der Waals surface area contributed by atoms with Crippen molar-refractivity contribution in [1.29, 1.82) is 0 Å². The number of carbonyl (C=O) groups is 1. The van der Waals surface area contributed by atoms with Gasteiger partial charge in [-0.3, -0.25) is 9.79 Å². The molecule has 0 saturated heterocycles. The van der Waals surface area contributed by atoms with E-state index in [1.165, 1.54) is 17.8 Å². The summed E-state index contributed by atoms with van der Waals surface area (Å²) in [6.07, 6.45) is 3.69. The van der Waals surface area contributed by atoms with E-state index in [2.05, 4.69) is 50.4 Å². The molecule has 10 heteroatoms. The van der Waals surface area contributed by atoms with Crippen LogP contribution in [0.2, 0.25) is 5.04 Å². The lowest BCUT2D eigenvalue weighted by atomic mass is 10.0. The molecule has 0 radical (unpaired) electrons. The van der Waals surface area contributed by atoms with Crippen LogP contribution in [0.5, 0.6) is 5.75 Å². The van der Waals surface area contributed by atoms with Crippen LogP contribution in [0.15, 0.2) is 92.2 Å². The van der Waals surface area contributed by atoms with Crippen LogP contribution in [-0.2, 0) is 9.32 Å². The van der Waals surface area contributed by atoms with Crippen LogP contribution in [0.4, 0.5) is 0 Å². The Morgan fingerprint density at radius 1 is 1.11 bits per heavy atom. The Labute approximate surface area is 277 Å². The average Bonchev–Trinajstić information content (AvgIpc) is 3.78. The number of thioether (sulfide) groups is 1. The minimum atomic E-state index is -2.88. The van der Waals surface area contributed by atoms with E-state index < -0.39 is 25.5 Å². The van der Waals surface area contributed by atoms with Crippen molar-refractivity contribution in [2.45, 2.75) is 83.8 Å². The summed E-state index contributed by atoms with van der Waals surface area (Å²) in [5.41, 5.74) is -0.888. The van der Waals surface area contributed by atoms with Crippen LogP contribution in [0.1, 0.15) is 79.0 Å². The minimum absolute atomic E-state index is 0.234. The first kappa shape index (κ1) is 33.7. The largest absolute Gasteiger partial charge is 0.493 e. The number of oxime groups is 1. The molecule has 3 aromatic rings. The molecule has 1 N–H and O–H groups in total. The number of benzene rings is 2. The topological polar surface area (TPSA) is 102 Å². The van der Waals surface area contributed by atoms with Crippen LogP contribution in [0.25, 0.3) is 0 Å². The molecule has 1 aliphatic heterocycles. The van der Waals surface area contributed by atoms with E-state index in [-0.39, 0.29) is 10.9 Å². The van der Waals surface area contributed by atoms with Gasteiger partial charge in [-0.1, -0.05) is 94.8 Å². The number of nitrogens with one attached hydrogen (secondary N) is 1. The first-order valence-electron chi connectivity index (χ1n) is 16.1. The zero-order chi connectivity index (χ0) is 33.0. The van der Waals surface area contributed by atoms with Gasteiger partial charge < -0.3 is 19.0 Å². The Bertz CT molecular complexity index is 1590. The van der Waals surface area contributed by atoms with Gasteiger partial charge in [-0.05, 0) is 49.4 Å². The maximum atomic E-state index is 13.8. The van der Waals surface area contributed by atoms with Crippen LogP contribution in [0.3, 0.4) is 0 Å². The third-order valence-electron chi connectivity index (χ3n) is 8.55. The highest BCUT2D eigenvalue weighted by Gasteiger charge is 2.53. The fourth-order valence-electron chi connectivity index (χ4n) is 5.71. The van der Waals surface area contributed by atoms with E-state index in [1.807, 2.05) is 57.2 Å². The van der Waals surface area contributed by atoms with Crippen LogP contribution in [-0.4, -0.2) is 42.9 Å². The molecule has 0 unspecified atom stereocenters. The van der Waals surface area contributed by atoms with E-state index in [0.717, 1.165) is 29.6 Å². The quantitative estimate of drug-likeness (QED) is 0.132. The Kier molecular flexibility index (Phi) is 10.3. The zero-order valence-corrected chi connectivity index (χ0v) is 29.5. The number of hydrogen-bond donors (Lipinski definition) is 1. The fraction of sp³-hybridized carbons (Fsp3) is 0.444. The van der Waals surface area contributed by atoms with E-state index >= 15 is 0 Å². The molecule has 244 valence electrons. The first-order valence-corrected chi connectivity index (χ1v) is 19.0. The molecule has 1 aromatic heterocycles. The summed E-state index contributed by atoms with van der Waals surface area (Å²) in [6, 6.07) is 23.3. The van der Waals surface area contributed by atoms with Crippen molar-refractivity contribution in [3.8, 4) is 5.75 Å². The Morgan fingerprint density at radius 3 is 2.30 bits per heavy atom. The third-order valence-corrected chi connectivity index (χ3v) is 14.7. The first-order chi connectivity index (χ1) is 21.9. The Morgan fingerprint density at radius 2 is 1.74 bits per heavy atom. The van der Waals surface area contributed by atoms with E-state index in [4.69, 9.17) is 23.8 Å². The maximum Gasteiger partial charge on any atom is 0.354 e. The summed E-state index contributed by atoms with van der Waals surface area (Å²) in [6.45, 7) is 12.9. The molecule has 2 aromatic carbocycles. The number of aliphatic imine (C=N–C) groups is 1. The molecule has 1 fully saturated rings. The number of amides is 1. The maximum absolute atomic E-state index is 13.8. The van der Waals surface area contributed by atoms with Crippen molar-refractivity contribution in [2.75, 3.05) is 12.4 Å². The van der Waals surface area contributed by atoms with Gasteiger partial charge in [0.25, 0.3) is 0 Å².